The predicted molar refractivity (Wildman–Crippen MR) is 61.1 cm³/mol. The first-order chi connectivity index (χ1) is 6.22. The number of carbonyl (C=O) groups excluding carboxylic acids is 1. The van der Waals surface area contributed by atoms with Gasteiger partial charge in [0.1, 0.15) is 0 Å². The Bertz CT molecular complexity index is 154. The lowest BCUT2D eigenvalue weighted by molar-refractivity contribution is -0.114. The fourth-order valence-electron chi connectivity index (χ4n) is 1.36. The van der Waals surface area contributed by atoms with Crippen LogP contribution in [0.3, 0.4) is 0 Å². The highest BCUT2D eigenvalue weighted by Crippen LogP contribution is 2.17. The molecule has 0 saturated heterocycles. The van der Waals surface area contributed by atoms with Crippen molar-refractivity contribution in [3.8, 4) is 0 Å². The van der Waals surface area contributed by atoms with E-state index in [0.29, 0.717) is 0 Å². The molecule has 0 aromatic rings. The van der Waals surface area contributed by atoms with Gasteiger partial charge >= 0.3 is 0 Å². The lowest BCUT2D eigenvalue weighted by Gasteiger charge is -2.09. The van der Waals surface area contributed by atoms with Crippen molar-refractivity contribution in [3.63, 3.8) is 0 Å². The molecule has 0 N–H and O–H groups in total. The molecule has 1 nitrogen and oxygen atoms in total. The second-order valence-corrected chi connectivity index (χ2v) is 3.85. The van der Waals surface area contributed by atoms with Crippen molar-refractivity contribution in [2.75, 3.05) is 0 Å². The molecule has 0 spiro atoms. The normalized spacial score (nSPS) is 12.5. The van der Waals surface area contributed by atoms with Crippen molar-refractivity contribution >= 4 is 17.7 Å². The summed E-state index contributed by atoms with van der Waals surface area (Å²) in [7, 11) is 0. The molecule has 0 fully saturated rings. The minimum atomic E-state index is 0.0106. The average Bonchev–Trinajstić information content (AvgIpc) is 2.10. The molecule has 0 saturated carbocycles. The zero-order valence-electron chi connectivity index (χ0n) is 8.46. The molecule has 1 unspecified atom stereocenters. The molecule has 0 amide bonds. The van der Waals surface area contributed by atoms with Gasteiger partial charge in [0.05, 0.1) is 0 Å². The van der Waals surface area contributed by atoms with E-state index in [9.17, 15) is 4.79 Å². The van der Waals surface area contributed by atoms with E-state index in [-0.39, 0.29) is 11.0 Å². The molecule has 0 aromatic heterocycles. The van der Waals surface area contributed by atoms with E-state index in [4.69, 9.17) is 0 Å². The molecule has 0 aliphatic rings. The van der Waals surface area contributed by atoms with Crippen LogP contribution in [0.25, 0.3) is 0 Å². The molecule has 1 atom stereocenters. The van der Waals surface area contributed by atoms with Gasteiger partial charge in [0.2, 0.25) is 0 Å². The number of allylic oxidation sites excluding steroid dienone is 1. The van der Waals surface area contributed by atoms with Crippen LogP contribution in [0.1, 0.15) is 45.4 Å². The van der Waals surface area contributed by atoms with Crippen molar-refractivity contribution < 1.29 is 4.79 Å². The van der Waals surface area contributed by atoms with Gasteiger partial charge in [-0.15, -0.1) is 19.2 Å². The monoisotopic (exact) mass is 200 g/mol. The van der Waals surface area contributed by atoms with Gasteiger partial charge in [-0.2, -0.15) is 0 Å². The first kappa shape index (κ1) is 12.8. The van der Waals surface area contributed by atoms with E-state index >= 15 is 0 Å². The number of rotatable bonds is 8. The second kappa shape index (κ2) is 8.36. The predicted octanol–water partition coefficient (Wildman–Crippen LogP) is 3.61. The SMILES string of the molecule is C=CCC(CCCCCC)C(=O)S. The summed E-state index contributed by atoms with van der Waals surface area (Å²) in [6.45, 7) is 5.83. The molecule has 0 aliphatic heterocycles. The minimum Gasteiger partial charge on any atom is -0.287 e. The molecule has 0 aliphatic carbocycles. The third-order valence-electron chi connectivity index (χ3n) is 2.21. The highest BCUT2D eigenvalue weighted by Gasteiger charge is 2.12. The van der Waals surface area contributed by atoms with Crippen LogP contribution in [0.4, 0.5) is 0 Å². The first-order valence-electron chi connectivity index (χ1n) is 5.06. The number of hydrogen-bond acceptors (Lipinski definition) is 1. The fraction of sp³-hybridized carbons (Fsp3) is 0.727. The van der Waals surface area contributed by atoms with Crippen LogP contribution in [-0.4, -0.2) is 5.12 Å². The molecule has 0 rings (SSSR count). The topological polar surface area (TPSA) is 17.1 Å². The molecular formula is C11H20OS. The van der Waals surface area contributed by atoms with Crippen molar-refractivity contribution in [1.29, 1.82) is 0 Å². The van der Waals surface area contributed by atoms with Crippen molar-refractivity contribution in [1.82, 2.24) is 0 Å². The lowest BCUT2D eigenvalue weighted by atomic mass is 9.99. The summed E-state index contributed by atoms with van der Waals surface area (Å²) in [6, 6.07) is 0. The van der Waals surface area contributed by atoms with Crippen LogP contribution in [0.5, 0.6) is 0 Å². The van der Waals surface area contributed by atoms with Gasteiger partial charge in [-0.1, -0.05) is 38.7 Å². The fourth-order valence-corrected chi connectivity index (χ4v) is 1.60. The summed E-state index contributed by atoms with van der Waals surface area (Å²) >= 11 is 3.87. The van der Waals surface area contributed by atoms with Crippen LogP contribution in [-0.2, 0) is 4.79 Å². The average molecular weight is 200 g/mol. The maximum absolute atomic E-state index is 11.0. The summed E-state index contributed by atoms with van der Waals surface area (Å²) in [5.41, 5.74) is 0. The molecular weight excluding hydrogens is 180 g/mol. The Hall–Kier alpha value is -0.240. The maximum Gasteiger partial charge on any atom is 0.189 e. The summed E-state index contributed by atoms with van der Waals surface area (Å²) in [6.07, 6.45) is 8.41. The van der Waals surface area contributed by atoms with Crippen LogP contribution in [0.15, 0.2) is 12.7 Å². The van der Waals surface area contributed by atoms with E-state index in [2.05, 4.69) is 26.1 Å². The van der Waals surface area contributed by atoms with Gasteiger partial charge in [-0.25, -0.2) is 0 Å². The Morgan fingerprint density at radius 3 is 2.62 bits per heavy atom. The van der Waals surface area contributed by atoms with Gasteiger partial charge in [0, 0.05) is 5.92 Å². The summed E-state index contributed by atoms with van der Waals surface area (Å²) < 4.78 is 0. The summed E-state index contributed by atoms with van der Waals surface area (Å²) in [5, 5.41) is 0.0106. The van der Waals surface area contributed by atoms with E-state index in [0.717, 1.165) is 19.3 Å². The Morgan fingerprint density at radius 1 is 1.46 bits per heavy atom. The van der Waals surface area contributed by atoms with Crippen molar-refractivity contribution in [3.05, 3.63) is 12.7 Å². The van der Waals surface area contributed by atoms with Gasteiger partial charge in [-0.05, 0) is 12.8 Å². The zero-order chi connectivity index (χ0) is 10.1. The summed E-state index contributed by atoms with van der Waals surface area (Å²) in [5.74, 6) is 0.0951. The minimum absolute atomic E-state index is 0.0106. The van der Waals surface area contributed by atoms with Crippen molar-refractivity contribution in [2.24, 2.45) is 5.92 Å². The Morgan fingerprint density at radius 2 is 2.15 bits per heavy atom. The van der Waals surface area contributed by atoms with Crippen LogP contribution >= 0.6 is 12.6 Å². The quantitative estimate of drug-likeness (QED) is 0.360. The van der Waals surface area contributed by atoms with E-state index in [1.54, 1.807) is 6.08 Å². The molecule has 0 bridgehead atoms. The zero-order valence-corrected chi connectivity index (χ0v) is 9.35. The van der Waals surface area contributed by atoms with Crippen molar-refractivity contribution in [2.45, 2.75) is 45.4 Å². The molecule has 13 heavy (non-hydrogen) atoms. The smallest absolute Gasteiger partial charge is 0.189 e. The van der Waals surface area contributed by atoms with E-state index in [1.165, 1.54) is 19.3 Å². The first-order valence-corrected chi connectivity index (χ1v) is 5.50. The Balaban J connectivity index is 3.56. The van der Waals surface area contributed by atoms with Crippen LogP contribution in [0, 0.1) is 5.92 Å². The highest BCUT2D eigenvalue weighted by atomic mass is 32.1. The Labute approximate surface area is 87.0 Å². The largest absolute Gasteiger partial charge is 0.287 e. The third-order valence-corrected chi connectivity index (χ3v) is 2.57. The number of carbonyl (C=O) groups is 1. The molecule has 2 heteroatoms. The second-order valence-electron chi connectivity index (χ2n) is 3.41. The van der Waals surface area contributed by atoms with E-state index < -0.39 is 0 Å². The van der Waals surface area contributed by atoms with Gasteiger partial charge < -0.3 is 0 Å². The van der Waals surface area contributed by atoms with Gasteiger partial charge in [0.25, 0.3) is 0 Å². The molecule has 0 radical (unpaired) electrons. The molecule has 0 heterocycles. The van der Waals surface area contributed by atoms with Gasteiger partial charge in [-0.3, -0.25) is 4.79 Å². The molecule has 76 valence electrons. The highest BCUT2D eigenvalue weighted by molar-refractivity contribution is 7.96. The van der Waals surface area contributed by atoms with Gasteiger partial charge in [0.15, 0.2) is 5.12 Å². The lowest BCUT2D eigenvalue weighted by Crippen LogP contribution is -2.07. The van der Waals surface area contributed by atoms with Crippen LogP contribution < -0.4 is 0 Å². The third kappa shape index (κ3) is 6.88. The number of hydrogen-bond donors (Lipinski definition) is 1. The molecule has 0 aromatic carbocycles. The summed E-state index contributed by atoms with van der Waals surface area (Å²) in [4.78, 5) is 11.0. The van der Waals surface area contributed by atoms with E-state index in [1.807, 2.05) is 0 Å². The van der Waals surface area contributed by atoms with Crippen LogP contribution in [0.2, 0.25) is 0 Å². The number of unbranched alkanes of at least 4 members (excludes halogenated alkanes) is 3. The standard InChI is InChI=1S/C11H20OS/c1-3-5-6-7-9-10(8-4-2)11(12)13/h4,10H,2-3,5-9H2,1H3,(H,12,13). The Kier molecular flexibility index (Phi) is 8.21. The maximum atomic E-state index is 11.0. The number of thiol groups is 1.